The molecule has 0 aliphatic carbocycles. The zero-order valence-corrected chi connectivity index (χ0v) is 9.24. The van der Waals surface area contributed by atoms with Gasteiger partial charge in [-0.05, 0) is 15.9 Å². The summed E-state index contributed by atoms with van der Waals surface area (Å²) in [5.41, 5.74) is -1.44. The molecule has 0 saturated heterocycles. The summed E-state index contributed by atoms with van der Waals surface area (Å²) < 4.78 is 39.0. The highest BCUT2D eigenvalue weighted by Crippen LogP contribution is 2.32. The summed E-state index contributed by atoms with van der Waals surface area (Å²) >= 11 is 2.66. The molecule has 0 radical (unpaired) electrons. The lowest BCUT2D eigenvalue weighted by Crippen LogP contribution is -2.18. The van der Waals surface area contributed by atoms with Crippen LogP contribution in [0.3, 0.4) is 0 Å². The third-order valence-electron chi connectivity index (χ3n) is 1.45. The van der Waals surface area contributed by atoms with Crippen LogP contribution < -0.4 is 4.74 Å². The van der Waals surface area contributed by atoms with Crippen molar-refractivity contribution >= 4 is 21.6 Å². The molecule has 0 bridgehead atoms. The van der Waals surface area contributed by atoms with Crippen LogP contribution in [0.5, 0.6) is 5.75 Å². The molecule has 0 atom stereocenters. The van der Waals surface area contributed by atoms with Crippen molar-refractivity contribution in [1.82, 2.24) is 4.98 Å². The second-order valence-corrected chi connectivity index (χ2v) is 3.31. The van der Waals surface area contributed by atoms with E-state index in [0.717, 1.165) is 0 Å². The normalized spacial score (nSPS) is 10.8. The van der Waals surface area contributed by atoms with E-state index in [1.165, 1.54) is 6.07 Å². The maximum absolute atomic E-state index is 12.0. The van der Waals surface area contributed by atoms with Crippen molar-refractivity contribution < 1.29 is 22.8 Å². The zero-order valence-electron chi connectivity index (χ0n) is 7.66. The molecule has 0 amide bonds. The molecule has 0 unspecified atom stereocenters. The fourth-order valence-corrected chi connectivity index (χ4v) is 1.31. The van der Waals surface area contributed by atoms with E-state index in [-0.39, 0.29) is 4.60 Å². The third kappa shape index (κ3) is 3.28. The Morgan fingerprint density at radius 1 is 1.59 bits per heavy atom. The molecule has 1 rings (SSSR count). The summed E-state index contributed by atoms with van der Waals surface area (Å²) in [6.45, 7) is 0. The number of nitro groups is 1. The SMILES string of the molecule is N#Cc1nc(Br)c([N+](=O)[O-])cc1OC(F)(F)F. The topological polar surface area (TPSA) is 89.0 Å². The standard InChI is InChI=1S/C7HBrF3N3O3/c8-6-4(14(15)16)1-5(3(2-12)13-6)17-7(9,10)11/h1H. The van der Waals surface area contributed by atoms with Crippen LogP contribution in [0.4, 0.5) is 18.9 Å². The number of nitrogens with zero attached hydrogens (tertiary/aromatic N) is 3. The third-order valence-corrected chi connectivity index (χ3v) is 2.03. The minimum atomic E-state index is -5.06. The molecule has 6 nitrogen and oxygen atoms in total. The summed E-state index contributed by atoms with van der Waals surface area (Å²) in [5, 5.41) is 19.0. The highest BCUT2D eigenvalue weighted by Gasteiger charge is 2.34. The van der Waals surface area contributed by atoms with Crippen molar-refractivity contribution in [3.8, 4) is 11.8 Å². The van der Waals surface area contributed by atoms with Gasteiger partial charge in [0.2, 0.25) is 0 Å². The molecule has 17 heavy (non-hydrogen) atoms. The molecule has 0 aliphatic rings. The predicted octanol–water partition coefficient (Wildman–Crippen LogP) is 2.52. The lowest BCUT2D eigenvalue weighted by molar-refractivity contribution is -0.386. The summed E-state index contributed by atoms with van der Waals surface area (Å²) in [5.74, 6) is -1.02. The van der Waals surface area contributed by atoms with Crippen molar-refractivity contribution in [2.75, 3.05) is 0 Å². The van der Waals surface area contributed by atoms with Gasteiger partial charge in [-0.15, -0.1) is 13.2 Å². The van der Waals surface area contributed by atoms with Gasteiger partial charge in [-0.1, -0.05) is 0 Å². The van der Waals surface area contributed by atoms with Gasteiger partial charge in [0.05, 0.1) is 11.0 Å². The van der Waals surface area contributed by atoms with Crippen LogP contribution in [0.2, 0.25) is 0 Å². The number of alkyl halides is 3. The Hall–Kier alpha value is -1.89. The van der Waals surface area contributed by atoms with E-state index in [4.69, 9.17) is 5.26 Å². The maximum atomic E-state index is 12.0. The Morgan fingerprint density at radius 3 is 2.59 bits per heavy atom. The van der Waals surface area contributed by atoms with Gasteiger partial charge >= 0.3 is 12.0 Å². The smallest absolute Gasteiger partial charge is 0.402 e. The van der Waals surface area contributed by atoms with Gasteiger partial charge in [-0.25, -0.2) is 4.98 Å². The van der Waals surface area contributed by atoms with Gasteiger partial charge in [-0.3, -0.25) is 10.1 Å². The summed E-state index contributed by atoms with van der Waals surface area (Å²) in [6, 6.07) is 1.81. The molecule has 0 aromatic carbocycles. The fourth-order valence-electron chi connectivity index (χ4n) is 0.873. The van der Waals surface area contributed by atoms with E-state index in [1.807, 2.05) is 0 Å². The second kappa shape index (κ2) is 4.54. The number of halogens is 4. The lowest BCUT2D eigenvalue weighted by Gasteiger charge is -2.09. The van der Waals surface area contributed by atoms with Crippen LogP contribution in [0.15, 0.2) is 10.7 Å². The minimum absolute atomic E-state index is 0.353. The Kier molecular flexibility index (Phi) is 3.52. The van der Waals surface area contributed by atoms with E-state index in [2.05, 4.69) is 25.7 Å². The van der Waals surface area contributed by atoms with Gasteiger partial charge in [0.1, 0.15) is 6.07 Å². The van der Waals surface area contributed by atoms with Crippen LogP contribution in [-0.4, -0.2) is 16.3 Å². The average molecular weight is 312 g/mol. The average Bonchev–Trinajstić information content (AvgIpc) is 2.17. The highest BCUT2D eigenvalue weighted by molar-refractivity contribution is 9.10. The quantitative estimate of drug-likeness (QED) is 0.475. The van der Waals surface area contributed by atoms with Gasteiger partial charge < -0.3 is 4.74 Å². The molecule has 1 aromatic heterocycles. The molecule has 0 fully saturated rings. The van der Waals surface area contributed by atoms with Gasteiger partial charge in [-0.2, -0.15) is 5.26 Å². The number of ether oxygens (including phenoxy) is 1. The van der Waals surface area contributed by atoms with Gasteiger partial charge in [0.15, 0.2) is 16.0 Å². The van der Waals surface area contributed by atoms with E-state index in [9.17, 15) is 23.3 Å². The molecule has 0 aliphatic heterocycles. The van der Waals surface area contributed by atoms with Crippen molar-refractivity contribution in [2.45, 2.75) is 6.36 Å². The summed E-state index contributed by atoms with van der Waals surface area (Å²) in [7, 11) is 0. The van der Waals surface area contributed by atoms with E-state index >= 15 is 0 Å². The van der Waals surface area contributed by atoms with Gasteiger partial charge in [0, 0.05) is 0 Å². The van der Waals surface area contributed by atoms with Gasteiger partial charge in [0.25, 0.3) is 0 Å². The fraction of sp³-hybridized carbons (Fsp3) is 0.143. The Labute approximate surface area is 99.9 Å². The molecule has 90 valence electrons. The molecular formula is C7HBrF3N3O3. The largest absolute Gasteiger partial charge is 0.573 e. The van der Waals surface area contributed by atoms with Crippen molar-refractivity contribution in [1.29, 1.82) is 5.26 Å². The lowest BCUT2D eigenvalue weighted by atomic mass is 10.3. The monoisotopic (exact) mass is 311 g/mol. The summed E-state index contributed by atoms with van der Waals surface area (Å²) in [6.07, 6.45) is -5.06. The van der Waals surface area contributed by atoms with E-state index < -0.39 is 28.4 Å². The van der Waals surface area contributed by atoms with Crippen molar-refractivity contribution in [3.63, 3.8) is 0 Å². The highest BCUT2D eigenvalue weighted by atomic mass is 79.9. The first-order valence-corrected chi connectivity index (χ1v) is 4.54. The number of aromatic nitrogens is 1. The van der Waals surface area contributed by atoms with Crippen molar-refractivity contribution in [2.24, 2.45) is 0 Å². The number of hydrogen-bond donors (Lipinski definition) is 0. The van der Waals surface area contributed by atoms with Crippen LogP contribution >= 0.6 is 15.9 Å². The maximum Gasteiger partial charge on any atom is 0.573 e. The number of rotatable bonds is 2. The second-order valence-electron chi connectivity index (χ2n) is 2.56. The Morgan fingerprint density at radius 2 is 2.18 bits per heavy atom. The van der Waals surface area contributed by atoms with E-state index in [0.29, 0.717) is 6.07 Å². The molecule has 0 saturated carbocycles. The molecule has 0 spiro atoms. The van der Waals surface area contributed by atoms with Crippen LogP contribution in [-0.2, 0) is 0 Å². The van der Waals surface area contributed by atoms with Crippen LogP contribution in [0, 0.1) is 21.4 Å². The van der Waals surface area contributed by atoms with Crippen LogP contribution in [0.25, 0.3) is 0 Å². The minimum Gasteiger partial charge on any atom is -0.402 e. The molecule has 1 heterocycles. The van der Waals surface area contributed by atoms with Crippen LogP contribution in [0.1, 0.15) is 5.69 Å². The molecule has 0 N–H and O–H groups in total. The molecule has 1 aromatic rings. The first-order chi connectivity index (χ1) is 7.74. The zero-order chi connectivity index (χ0) is 13.2. The first-order valence-electron chi connectivity index (χ1n) is 3.75. The Balaban J connectivity index is 3.33. The van der Waals surface area contributed by atoms with E-state index in [1.54, 1.807) is 0 Å². The molecule has 10 heteroatoms. The number of hydrogen-bond acceptors (Lipinski definition) is 5. The number of nitriles is 1. The predicted molar refractivity (Wildman–Crippen MR) is 50.0 cm³/mol. The molecular weight excluding hydrogens is 311 g/mol. The number of pyridine rings is 1. The summed E-state index contributed by atoms with van der Waals surface area (Å²) in [4.78, 5) is 12.8. The Bertz CT molecular complexity index is 512. The first kappa shape index (κ1) is 13.2. The van der Waals surface area contributed by atoms with Crippen molar-refractivity contribution in [3.05, 3.63) is 26.5 Å².